The molecule has 0 amide bonds. The van der Waals surface area contributed by atoms with Crippen LogP contribution in [0, 0.1) is 0 Å². The molecule has 2 heterocycles. The second kappa shape index (κ2) is 5.25. The number of nitrogens with two attached hydrogens (primary N) is 1. The molecule has 17 heavy (non-hydrogen) atoms. The Morgan fingerprint density at radius 2 is 1.59 bits per heavy atom. The summed E-state index contributed by atoms with van der Waals surface area (Å²) in [6.07, 6.45) is 9.52. The molecule has 3 heteroatoms. The molecular formula is C14H27N3. The summed E-state index contributed by atoms with van der Waals surface area (Å²) >= 11 is 0. The van der Waals surface area contributed by atoms with Crippen LogP contribution in [0.4, 0.5) is 0 Å². The Kier molecular flexibility index (Phi) is 3.69. The molecule has 2 aliphatic heterocycles. The van der Waals surface area contributed by atoms with Crippen molar-refractivity contribution in [1.82, 2.24) is 9.80 Å². The van der Waals surface area contributed by atoms with Crippen molar-refractivity contribution in [2.45, 2.75) is 63.1 Å². The highest BCUT2D eigenvalue weighted by Crippen LogP contribution is 2.28. The zero-order valence-electron chi connectivity index (χ0n) is 11.0. The Bertz CT molecular complexity index is 239. The van der Waals surface area contributed by atoms with Crippen LogP contribution in [0.5, 0.6) is 0 Å². The summed E-state index contributed by atoms with van der Waals surface area (Å²) in [6, 6.07) is 2.14. The Morgan fingerprint density at radius 3 is 2.29 bits per heavy atom. The van der Waals surface area contributed by atoms with Gasteiger partial charge < -0.3 is 5.73 Å². The van der Waals surface area contributed by atoms with Crippen LogP contribution in [-0.2, 0) is 0 Å². The van der Waals surface area contributed by atoms with Crippen LogP contribution in [0.3, 0.4) is 0 Å². The molecule has 3 atom stereocenters. The summed E-state index contributed by atoms with van der Waals surface area (Å²) in [5.74, 6) is 0. The lowest BCUT2D eigenvalue weighted by Crippen LogP contribution is -2.42. The summed E-state index contributed by atoms with van der Waals surface area (Å²) in [4.78, 5) is 5.48. The molecule has 3 unspecified atom stereocenters. The Hall–Kier alpha value is -0.120. The first kappa shape index (κ1) is 11.9. The largest absolute Gasteiger partial charge is 0.328 e. The van der Waals surface area contributed by atoms with E-state index in [1.165, 1.54) is 71.1 Å². The van der Waals surface area contributed by atoms with Crippen molar-refractivity contribution in [3.63, 3.8) is 0 Å². The van der Waals surface area contributed by atoms with Gasteiger partial charge in [-0.15, -0.1) is 0 Å². The molecule has 0 bridgehead atoms. The van der Waals surface area contributed by atoms with Gasteiger partial charge in [0.2, 0.25) is 0 Å². The lowest BCUT2D eigenvalue weighted by Gasteiger charge is -2.33. The van der Waals surface area contributed by atoms with E-state index < -0.39 is 0 Å². The van der Waals surface area contributed by atoms with Gasteiger partial charge in [0.05, 0.1) is 0 Å². The number of hydrogen-bond acceptors (Lipinski definition) is 3. The zero-order valence-corrected chi connectivity index (χ0v) is 11.0. The third kappa shape index (κ3) is 2.67. The number of rotatable bonds is 2. The smallest absolute Gasteiger partial charge is 0.0235 e. The Labute approximate surface area is 105 Å². The second-order valence-electron chi connectivity index (χ2n) is 6.26. The first-order chi connectivity index (χ1) is 8.33. The molecular weight excluding hydrogens is 210 g/mol. The van der Waals surface area contributed by atoms with Crippen LogP contribution >= 0.6 is 0 Å². The molecule has 3 nitrogen and oxygen atoms in total. The van der Waals surface area contributed by atoms with E-state index in [-0.39, 0.29) is 0 Å². The van der Waals surface area contributed by atoms with Crippen molar-refractivity contribution in [2.24, 2.45) is 5.73 Å². The molecule has 0 spiro atoms. The van der Waals surface area contributed by atoms with E-state index >= 15 is 0 Å². The molecule has 0 radical (unpaired) electrons. The van der Waals surface area contributed by atoms with Crippen molar-refractivity contribution in [3.05, 3.63) is 0 Å². The van der Waals surface area contributed by atoms with Crippen molar-refractivity contribution < 1.29 is 0 Å². The highest BCUT2D eigenvalue weighted by Gasteiger charge is 2.34. The van der Waals surface area contributed by atoms with Crippen LogP contribution in [0.1, 0.15) is 44.9 Å². The molecule has 3 fully saturated rings. The SMILES string of the molecule is NC1CCC(N2CCC(N3CCCCC3)C2)C1. The van der Waals surface area contributed by atoms with E-state index in [2.05, 4.69) is 9.80 Å². The molecule has 0 aromatic carbocycles. The molecule has 2 N–H and O–H groups in total. The molecule has 0 aromatic heterocycles. The Morgan fingerprint density at radius 1 is 0.765 bits per heavy atom. The van der Waals surface area contributed by atoms with Gasteiger partial charge in [-0.25, -0.2) is 0 Å². The number of piperidine rings is 1. The maximum absolute atomic E-state index is 6.03. The van der Waals surface area contributed by atoms with Crippen molar-refractivity contribution in [1.29, 1.82) is 0 Å². The van der Waals surface area contributed by atoms with Crippen LogP contribution in [0.25, 0.3) is 0 Å². The fourth-order valence-electron chi connectivity index (χ4n) is 4.00. The van der Waals surface area contributed by atoms with Gasteiger partial charge >= 0.3 is 0 Å². The summed E-state index contributed by atoms with van der Waals surface area (Å²) in [5, 5.41) is 0. The van der Waals surface area contributed by atoms with Crippen molar-refractivity contribution >= 4 is 0 Å². The van der Waals surface area contributed by atoms with Gasteiger partial charge in [0.15, 0.2) is 0 Å². The Balaban J connectivity index is 1.51. The van der Waals surface area contributed by atoms with E-state index in [0.717, 1.165) is 12.1 Å². The van der Waals surface area contributed by atoms with E-state index in [9.17, 15) is 0 Å². The summed E-state index contributed by atoms with van der Waals surface area (Å²) in [6.45, 7) is 5.33. The fraction of sp³-hybridized carbons (Fsp3) is 1.00. The molecule has 1 saturated carbocycles. The van der Waals surface area contributed by atoms with Gasteiger partial charge in [-0.3, -0.25) is 9.80 Å². The first-order valence-electron chi connectivity index (χ1n) is 7.56. The first-order valence-corrected chi connectivity index (χ1v) is 7.56. The minimum absolute atomic E-state index is 0.481. The van der Waals surface area contributed by atoms with Crippen LogP contribution in [0.2, 0.25) is 0 Å². The number of hydrogen-bond donors (Lipinski definition) is 1. The number of likely N-dealkylation sites (tertiary alicyclic amines) is 2. The fourth-order valence-corrected chi connectivity index (χ4v) is 4.00. The summed E-state index contributed by atoms with van der Waals surface area (Å²) < 4.78 is 0. The van der Waals surface area contributed by atoms with Crippen molar-refractivity contribution in [2.75, 3.05) is 26.2 Å². The minimum atomic E-state index is 0.481. The van der Waals surface area contributed by atoms with Crippen LogP contribution in [-0.4, -0.2) is 54.1 Å². The van der Waals surface area contributed by atoms with E-state index in [1.54, 1.807) is 0 Å². The third-order valence-corrected chi connectivity index (χ3v) is 5.06. The van der Waals surface area contributed by atoms with Gasteiger partial charge in [-0.1, -0.05) is 6.42 Å². The summed E-state index contributed by atoms with van der Waals surface area (Å²) in [7, 11) is 0. The maximum atomic E-state index is 6.03. The van der Waals surface area contributed by atoms with Gasteiger partial charge in [0, 0.05) is 31.2 Å². The van der Waals surface area contributed by atoms with Gasteiger partial charge in [0.1, 0.15) is 0 Å². The van der Waals surface area contributed by atoms with Gasteiger partial charge in [-0.05, 0) is 51.6 Å². The zero-order chi connectivity index (χ0) is 11.7. The summed E-state index contributed by atoms with van der Waals surface area (Å²) in [5.41, 5.74) is 6.03. The molecule has 1 aliphatic carbocycles. The van der Waals surface area contributed by atoms with Crippen LogP contribution < -0.4 is 5.73 Å². The molecule has 3 rings (SSSR count). The van der Waals surface area contributed by atoms with E-state index in [4.69, 9.17) is 5.73 Å². The third-order valence-electron chi connectivity index (χ3n) is 5.06. The van der Waals surface area contributed by atoms with Crippen molar-refractivity contribution in [3.8, 4) is 0 Å². The van der Waals surface area contributed by atoms with E-state index in [1.807, 2.05) is 0 Å². The monoisotopic (exact) mass is 237 g/mol. The normalized spacial score (nSPS) is 41.1. The second-order valence-corrected chi connectivity index (χ2v) is 6.26. The van der Waals surface area contributed by atoms with Gasteiger partial charge in [-0.2, -0.15) is 0 Å². The average Bonchev–Trinajstić information content (AvgIpc) is 2.98. The molecule has 2 saturated heterocycles. The quantitative estimate of drug-likeness (QED) is 0.788. The highest BCUT2D eigenvalue weighted by molar-refractivity contribution is 4.92. The topological polar surface area (TPSA) is 32.5 Å². The van der Waals surface area contributed by atoms with E-state index in [0.29, 0.717) is 6.04 Å². The lowest BCUT2D eigenvalue weighted by molar-refractivity contribution is 0.152. The predicted molar refractivity (Wildman–Crippen MR) is 71.0 cm³/mol. The predicted octanol–water partition coefficient (Wildman–Crippen LogP) is 1.43. The molecule has 0 aromatic rings. The lowest BCUT2D eigenvalue weighted by atomic mass is 10.1. The highest BCUT2D eigenvalue weighted by atomic mass is 15.3. The number of nitrogens with zero attached hydrogens (tertiary/aromatic N) is 2. The van der Waals surface area contributed by atoms with Crippen LogP contribution in [0.15, 0.2) is 0 Å². The standard InChI is InChI=1S/C14H27N3/c15-12-4-5-13(10-12)17-9-6-14(11-17)16-7-2-1-3-8-16/h12-14H,1-11,15H2. The average molecular weight is 237 g/mol. The molecule has 98 valence electrons. The minimum Gasteiger partial charge on any atom is -0.328 e. The maximum Gasteiger partial charge on any atom is 0.0235 e. The molecule has 3 aliphatic rings. The van der Waals surface area contributed by atoms with Gasteiger partial charge in [0.25, 0.3) is 0 Å².